The predicted octanol–water partition coefficient (Wildman–Crippen LogP) is 5.01. The van der Waals surface area contributed by atoms with E-state index < -0.39 is 0 Å². The van der Waals surface area contributed by atoms with Crippen LogP contribution in [0.15, 0.2) is 40.9 Å². The average molecular weight is 374 g/mol. The van der Waals surface area contributed by atoms with E-state index in [1.54, 1.807) is 7.11 Å². The highest BCUT2D eigenvalue weighted by Crippen LogP contribution is 2.50. The van der Waals surface area contributed by atoms with Gasteiger partial charge < -0.3 is 14.8 Å². The number of hydrogen-bond acceptors (Lipinski definition) is 3. The number of methoxy groups -OCH3 is 1. The SMILES string of the molecule is COc1ccc([C@@H]2Nc3ccc(C)cc3[C@@H]3OCC[C@H]23)cc1Br. The Hall–Kier alpha value is -1.52. The smallest absolute Gasteiger partial charge is 0.133 e. The minimum Gasteiger partial charge on any atom is -0.496 e. The van der Waals surface area contributed by atoms with Crippen LogP contribution in [0.1, 0.15) is 35.3 Å². The first-order valence-electron chi connectivity index (χ1n) is 7.99. The van der Waals surface area contributed by atoms with Gasteiger partial charge in [0, 0.05) is 23.8 Å². The number of anilines is 1. The summed E-state index contributed by atoms with van der Waals surface area (Å²) in [5.41, 5.74) is 5.04. The first kappa shape index (κ1) is 15.0. The molecule has 4 heteroatoms. The van der Waals surface area contributed by atoms with Crippen molar-refractivity contribution in [3.63, 3.8) is 0 Å². The van der Waals surface area contributed by atoms with E-state index in [1.165, 1.54) is 22.4 Å². The Morgan fingerprint density at radius 1 is 1.22 bits per heavy atom. The van der Waals surface area contributed by atoms with Gasteiger partial charge in [-0.1, -0.05) is 23.8 Å². The standard InChI is InChI=1S/C19H20BrNO2/c1-11-3-5-16-14(9-11)19-13(7-8-23-19)18(21-16)12-4-6-17(22-2)15(20)10-12/h3-6,9-10,13,18-19,21H,7-8H2,1-2H3/t13-,18+,19-/m1/s1. The lowest BCUT2D eigenvalue weighted by atomic mass is 9.80. The summed E-state index contributed by atoms with van der Waals surface area (Å²) >= 11 is 3.60. The number of halogens is 1. The summed E-state index contributed by atoms with van der Waals surface area (Å²) in [7, 11) is 1.69. The van der Waals surface area contributed by atoms with Gasteiger partial charge in [-0.3, -0.25) is 0 Å². The molecular formula is C19H20BrNO2. The number of hydrogen-bond donors (Lipinski definition) is 1. The summed E-state index contributed by atoms with van der Waals surface area (Å²) in [6.07, 6.45) is 1.27. The molecule has 0 bridgehead atoms. The van der Waals surface area contributed by atoms with Crippen molar-refractivity contribution in [2.75, 3.05) is 19.0 Å². The topological polar surface area (TPSA) is 30.5 Å². The molecule has 0 unspecified atom stereocenters. The summed E-state index contributed by atoms with van der Waals surface area (Å²) in [6, 6.07) is 13.2. The third kappa shape index (κ3) is 2.54. The van der Waals surface area contributed by atoms with Gasteiger partial charge in [-0.05, 0) is 53.0 Å². The Labute approximate surface area is 145 Å². The predicted molar refractivity (Wildman–Crippen MR) is 95.0 cm³/mol. The molecule has 0 aromatic heterocycles. The maximum Gasteiger partial charge on any atom is 0.133 e. The van der Waals surface area contributed by atoms with Crippen molar-refractivity contribution in [1.82, 2.24) is 0 Å². The molecule has 23 heavy (non-hydrogen) atoms. The van der Waals surface area contributed by atoms with Gasteiger partial charge in [-0.25, -0.2) is 0 Å². The largest absolute Gasteiger partial charge is 0.496 e. The second kappa shape index (κ2) is 5.84. The van der Waals surface area contributed by atoms with E-state index >= 15 is 0 Å². The molecule has 1 N–H and O–H groups in total. The Morgan fingerprint density at radius 3 is 2.87 bits per heavy atom. The van der Waals surface area contributed by atoms with E-state index in [0.29, 0.717) is 5.92 Å². The molecule has 2 heterocycles. The van der Waals surface area contributed by atoms with Crippen molar-refractivity contribution in [2.24, 2.45) is 5.92 Å². The number of aryl methyl sites for hydroxylation is 1. The second-order valence-electron chi connectivity index (χ2n) is 6.35. The van der Waals surface area contributed by atoms with Crippen LogP contribution in [-0.4, -0.2) is 13.7 Å². The van der Waals surface area contributed by atoms with Gasteiger partial charge in [0.25, 0.3) is 0 Å². The summed E-state index contributed by atoms with van der Waals surface area (Å²) in [4.78, 5) is 0. The van der Waals surface area contributed by atoms with Crippen LogP contribution in [0.2, 0.25) is 0 Å². The number of fused-ring (bicyclic) bond motifs is 3. The van der Waals surface area contributed by atoms with E-state index in [1.807, 2.05) is 6.07 Å². The Bertz CT molecular complexity index is 746. The zero-order valence-electron chi connectivity index (χ0n) is 13.3. The number of benzene rings is 2. The normalized spacial score (nSPS) is 25.4. The monoisotopic (exact) mass is 373 g/mol. The van der Waals surface area contributed by atoms with Crippen LogP contribution >= 0.6 is 15.9 Å². The van der Waals surface area contributed by atoms with Crippen molar-refractivity contribution in [1.29, 1.82) is 0 Å². The molecule has 2 aromatic carbocycles. The highest BCUT2D eigenvalue weighted by Gasteiger charge is 2.41. The van der Waals surface area contributed by atoms with Gasteiger partial charge >= 0.3 is 0 Å². The van der Waals surface area contributed by atoms with E-state index in [-0.39, 0.29) is 12.1 Å². The summed E-state index contributed by atoms with van der Waals surface area (Å²) < 4.78 is 12.4. The van der Waals surface area contributed by atoms with Crippen LogP contribution in [0, 0.1) is 12.8 Å². The molecule has 3 nitrogen and oxygen atoms in total. The number of rotatable bonds is 2. The maximum atomic E-state index is 6.09. The van der Waals surface area contributed by atoms with Gasteiger partial charge in [-0.15, -0.1) is 0 Å². The molecule has 0 saturated carbocycles. The maximum absolute atomic E-state index is 6.09. The third-order valence-corrected chi connectivity index (χ3v) is 5.54. The molecule has 2 aliphatic heterocycles. The summed E-state index contributed by atoms with van der Waals surface area (Å²) in [5.74, 6) is 1.32. The van der Waals surface area contributed by atoms with E-state index in [2.05, 4.69) is 58.5 Å². The van der Waals surface area contributed by atoms with Crippen LogP contribution in [0.25, 0.3) is 0 Å². The summed E-state index contributed by atoms with van der Waals surface area (Å²) in [6.45, 7) is 2.97. The minimum absolute atomic E-state index is 0.192. The molecule has 120 valence electrons. The lowest BCUT2D eigenvalue weighted by molar-refractivity contribution is 0.0829. The molecule has 4 rings (SSSR count). The minimum atomic E-state index is 0.192. The van der Waals surface area contributed by atoms with Crippen molar-refractivity contribution in [3.8, 4) is 5.75 Å². The van der Waals surface area contributed by atoms with Gasteiger partial charge in [0.15, 0.2) is 0 Å². The quantitative estimate of drug-likeness (QED) is 0.802. The fraction of sp³-hybridized carbons (Fsp3) is 0.368. The molecule has 3 atom stereocenters. The molecule has 1 saturated heterocycles. The zero-order valence-corrected chi connectivity index (χ0v) is 14.9. The van der Waals surface area contributed by atoms with Gasteiger partial charge in [0.1, 0.15) is 5.75 Å². The van der Waals surface area contributed by atoms with Crippen molar-refractivity contribution < 1.29 is 9.47 Å². The van der Waals surface area contributed by atoms with E-state index in [9.17, 15) is 0 Å². The van der Waals surface area contributed by atoms with E-state index in [0.717, 1.165) is 23.2 Å². The van der Waals surface area contributed by atoms with Crippen molar-refractivity contribution in [3.05, 3.63) is 57.6 Å². The first-order valence-corrected chi connectivity index (χ1v) is 8.79. The number of ether oxygens (including phenoxy) is 2. The molecule has 0 aliphatic carbocycles. The Kier molecular flexibility index (Phi) is 3.82. The molecule has 0 radical (unpaired) electrons. The molecule has 2 aromatic rings. The Balaban J connectivity index is 1.75. The van der Waals surface area contributed by atoms with Crippen LogP contribution in [0.5, 0.6) is 5.75 Å². The fourth-order valence-corrected chi connectivity index (χ4v) is 4.36. The fourth-order valence-electron chi connectivity index (χ4n) is 3.80. The van der Waals surface area contributed by atoms with Crippen LogP contribution in [0.4, 0.5) is 5.69 Å². The molecule has 2 aliphatic rings. The lowest BCUT2D eigenvalue weighted by Crippen LogP contribution is -2.29. The highest BCUT2D eigenvalue weighted by atomic mass is 79.9. The van der Waals surface area contributed by atoms with Crippen LogP contribution < -0.4 is 10.1 Å². The van der Waals surface area contributed by atoms with Crippen molar-refractivity contribution in [2.45, 2.75) is 25.5 Å². The van der Waals surface area contributed by atoms with Gasteiger partial charge in [0.05, 0.1) is 23.7 Å². The Morgan fingerprint density at radius 2 is 2.09 bits per heavy atom. The van der Waals surface area contributed by atoms with Gasteiger partial charge in [-0.2, -0.15) is 0 Å². The molecule has 0 amide bonds. The van der Waals surface area contributed by atoms with E-state index in [4.69, 9.17) is 9.47 Å². The van der Waals surface area contributed by atoms with Crippen LogP contribution in [-0.2, 0) is 4.74 Å². The van der Waals surface area contributed by atoms with Crippen LogP contribution in [0.3, 0.4) is 0 Å². The highest BCUT2D eigenvalue weighted by molar-refractivity contribution is 9.10. The third-order valence-electron chi connectivity index (χ3n) is 4.93. The number of nitrogens with one attached hydrogen (secondary N) is 1. The first-order chi connectivity index (χ1) is 11.2. The molecule has 0 spiro atoms. The average Bonchev–Trinajstić information content (AvgIpc) is 3.04. The zero-order chi connectivity index (χ0) is 16.0. The van der Waals surface area contributed by atoms with Gasteiger partial charge in [0.2, 0.25) is 0 Å². The molecule has 1 fully saturated rings. The lowest BCUT2D eigenvalue weighted by Gasteiger charge is -2.36. The van der Waals surface area contributed by atoms with Crippen molar-refractivity contribution >= 4 is 21.6 Å². The summed E-state index contributed by atoms with van der Waals surface area (Å²) in [5, 5.41) is 3.73. The second-order valence-corrected chi connectivity index (χ2v) is 7.20. The molecular weight excluding hydrogens is 354 g/mol.